The minimum Gasteiger partial charge on any atom is -0.481 e. The second-order valence-electron chi connectivity index (χ2n) is 4.66. The first-order chi connectivity index (χ1) is 10.2. The Morgan fingerprint density at radius 3 is 3.10 bits per heavy atom. The molecule has 3 rings (SSSR count). The van der Waals surface area contributed by atoms with Crippen LogP contribution in [0, 0.1) is 0 Å². The summed E-state index contributed by atoms with van der Waals surface area (Å²) < 4.78 is 12.6. The van der Waals surface area contributed by atoms with Crippen LogP contribution in [-0.2, 0) is 9.53 Å². The molecule has 1 fully saturated rings. The molecule has 1 aliphatic heterocycles. The van der Waals surface area contributed by atoms with E-state index in [2.05, 4.69) is 9.97 Å². The lowest BCUT2D eigenvalue weighted by molar-refractivity contribution is -0.133. The molecule has 1 atom stereocenters. The molecule has 0 spiro atoms. The first kappa shape index (κ1) is 14.2. The summed E-state index contributed by atoms with van der Waals surface area (Å²) in [6, 6.07) is 3.71. The van der Waals surface area contributed by atoms with Crippen molar-refractivity contribution in [2.45, 2.75) is 17.6 Å². The van der Waals surface area contributed by atoms with Crippen LogP contribution in [0.5, 0.6) is 5.88 Å². The topological polar surface area (TPSA) is 86.5 Å². The number of nitrogens with zero attached hydrogens (tertiary/aromatic N) is 3. The number of pyridine rings is 1. The van der Waals surface area contributed by atoms with Gasteiger partial charge in [0.2, 0.25) is 5.88 Å². The third-order valence-electron chi connectivity index (χ3n) is 3.28. The molecule has 1 saturated heterocycles. The van der Waals surface area contributed by atoms with Crippen molar-refractivity contribution < 1.29 is 19.4 Å². The minimum atomic E-state index is -0.869. The molecule has 1 unspecified atom stereocenters. The van der Waals surface area contributed by atoms with Gasteiger partial charge >= 0.3 is 5.97 Å². The normalized spacial score (nSPS) is 18.2. The Morgan fingerprint density at radius 2 is 2.43 bits per heavy atom. The summed E-state index contributed by atoms with van der Waals surface area (Å²) in [5.74, 6) is -0.391. The maximum atomic E-state index is 10.8. The number of hydrogen-bond acceptors (Lipinski definition) is 6. The van der Waals surface area contributed by atoms with Crippen molar-refractivity contribution in [3.05, 3.63) is 12.1 Å². The fourth-order valence-corrected chi connectivity index (χ4v) is 3.12. The minimum absolute atomic E-state index is 0.0337. The van der Waals surface area contributed by atoms with Crippen molar-refractivity contribution in [2.24, 2.45) is 0 Å². The zero-order valence-electron chi connectivity index (χ0n) is 11.5. The molecule has 2 aromatic heterocycles. The van der Waals surface area contributed by atoms with Crippen molar-refractivity contribution in [1.29, 1.82) is 0 Å². The monoisotopic (exact) mass is 309 g/mol. The zero-order chi connectivity index (χ0) is 14.8. The number of carbonyl (C=O) groups is 1. The Balaban J connectivity index is 2.06. The van der Waals surface area contributed by atoms with E-state index in [4.69, 9.17) is 14.6 Å². The first-order valence-electron chi connectivity index (χ1n) is 6.54. The van der Waals surface area contributed by atoms with Crippen molar-refractivity contribution >= 4 is 28.9 Å². The summed E-state index contributed by atoms with van der Waals surface area (Å²) >= 11 is 1.20. The average molecular weight is 309 g/mol. The number of aliphatic carboxylic acids is 1. The Labute approximate surface area is 125 Å². The Bertz CT molecular complexity index is 667. The van der Waals surface area contributed by atoms with Crippen molar-refractivity contribution in [3.63, 3.8) is 0 Å². The van der Waals surface area contributed by atoms with E-state index < -0.39 is 5.97 Å². The Hall–Kier alpha value is -1.80. The number of ether oxygens (including phenoxy) is 2. The molecule has 3 heterocycles. The number of hydrogen-bond donors (Lipinski definition) is 1. The third kappa shape index (κ3) is 2.81. The van der Waals surface area contributed by atoms with Gasteiger partial charge < -0.3 is 14.6 Å². The summed E-state index contributed by atoms with van der Waals surface area (Å²) in [6.45, 7) is 1.28. The van der Waals surface area contributed by atoms with Gasteiger partial charge in [0.05, 0.1) is 25.5 Å². The Kier molecular flexibility index (Phi) is 3.98. The van der Waals surface area contributed by atoms with Gasteiger partial charge in [0.25, 0.3) is 0 Å². The number of aromatic nitrogens is 3. The van der Waals surface area contributed by atoms with Gasteiger partial charge in [0.1, 0.15) is 5.52 Å². The van der Waals surface area contributed by atoms with Gasteiger partial charge in [-0.15, -0.1) is 0 Å². The highest BCUT2D eigenvalue weighted by atomic mass is 32.2. The molecule has 0 radical (unpaired) electrons. The molecule has 0 amide bonds. The lowest BCUT2D eigenvalue weighted by Gasteiger charge is -2.13. The molecule has 8 heteroatoms. The molecule has 21 heavy (non-hydrogen) atoms. The SMILES string of the molecule is COc1ccc2nc(SCC(=O)O)n(C3CCOC3)c2n1. The predicted octanol–water partition coefficient (Wildman–Crippen LogP) is 1.58. The summed E-state index contributed by atoms with van der Waals surface area (Å²) in [4.78, 5) is 19.7. The van der Waals surface area contributed by atoms with Gasteiger partial charge in [-0.1, -0.05) is 11.8 Å². The van der Waals surface area contributed by atoms with Gasteiger partial charge in [-0.3, -0.25) is 9.36 Å². The molecule has 0 aliphatic carbocycles. The molecular weight excluding hydrogens is 294 g/mol. The molecule has 1 aliphatic rings. The molecule has 0 aromatic carbocycles. The van der Waals surface area contributed by atoms with Crippen LogP contribution >= 0.6 is 11.8 Å². The zero-order valence-corrected chi connectivity index (χ0v) is 12.3. The van der Waals surface area contributed by atoms with Gasteiger partial charge in [-0.25, -0.2) is 4.98 Å². The van der Waals surface area contributed by atoms with E-state index in [9.17, 15) is 4.79 Å². The highest BCUT2D eigenvalue weighted by molar-refractivity contribution is 7.99. The molecular formula is C13H15N3O4S. The smallest absolute Gasteiger partial charge is 0.313 e. The number of carboxylic acid groups (broad SMARTS) is 1. The van der Waals surface area contributed by atoms with Crippen molar-refractivity contribution in [2.75, 3.05) is 26.1 Å². The van der Waals surface area contributed by atoms with Gasteiger partial charge in [-0.2, -0.15) is 4.98 Å². The quantitative estimate of drug-likeness (QED) is 0.839. The molecule has 112 valence electrons. The lowest BCUT2D eigenvalue weighted by Crippen LogP contribution is -2.11. The number of carboxylic acids is 1. The predicted molar refractivity (Wildman–Crippen MR) is 76.9 cm³/mol. The van der Waals surface area contributed by atoms with Crippen molar-refractivity contribution in [1.82, 2.24) is 14.5 Å². The summed E-state index contributed by atoms with van der Waals surface area (Å²) in [5, 5.41) is 9.53. The molecule has 0 bridgehead atoms. The number of rotatable bonds is 5. The highest BCUT2D eigenvalue weighted by Crippen LogP contribution is 2.31. The van der Waals surface area contributed by atoms with Crippen LogP contribution in [0.1, 0.15) is 12.5 Å². The van der Waals surface area contributed by atoms with Crippen LogP contribution in [-0.4, -0.2) is 51.7 Å². The van der Waals surface area contributed by atoms with Crippen LogP contribution in [0.4, 0.5) is 0 Å². The lowest BCUT2D eigenvalue weighted by atomic mass is 10.2. The Morgan fingerprint density at radius 1 is 1.57 bits per heavy atom. The van der Waals surface area contributed by atoms with E-state index >= 15 is 0 Å². The van der Waals surface area contributed by atoms with Crippen molar-refractivity contribution in [3.8, 4) is 5.88 Å². The molecule has 0 saturated carbocycles. The number of imidazole rings is 1. The second-order valence-corrected chi connectivity index (χ2v) is 5.60. The number of methoxy groups -OCH3 is 1. The van der Waals surface area contributed by atoms with E-state index in [-0.39, 0.29) is 11.8 Å². The van der Waals surface area contributed by atoms with Gasteiger partial charge in [-0.05, 0) is 12.5 Å². The molecule has 2 aromatic rings. The van der Waals surface area contributed by atoms with Gasteiger partial charge in [0, 0.05) is 12.7 Å². The highest BCUT2D eigenvalue weighted by Gasteiger charge is 2.25. The fourth-order valence-electron chi connectivity index (χ4n) is 2.33. The second kappa shape index (κ2) is 5.90. The standard InChI is InChI=1S/C13H15N3O4S/c1-19-10-3-2-9-12(15-10)16(8-4-5-20-6-8)13(14-9)21-7-11(17)18/h2-3,8H,4-7H2,1H3,(H,17,18). The molecule has 1 N–H and O–H groups in total. The van der Waals surface area contributed by atoms with Crippen LogP contribution in [0.15, 0.2) is 17.3 Å². The fraction of sp³-hybridized carbons (Fsp3) is 0.462. The number of thioether (sulfide) groups is 1. The first-order valence-corrected chi connectivity index (χ1v) is 7.53. The van der Waals surface area contributed by atoms with E-state index in [0.717, 1.165) is 11.9 Å². The maximum Gasteiger partial charge on any atom is 0.313 e. The summed E-state index contributed by atoms with van der Waals surface area (Å²) in [6.07, 6.45) is 0.866. The van der Waals surface area contributed by atoms with E-state index in [1.54, 1.807) is 13.2 Å². The molecule has 7 nitrogen and oxygen atoms in total. The van der Waals surface area contributed by atoms with Gasteiger partial charge in [0.15, 0.2) is 10.8 Å². The van der Waals surface area contributed by atoms with E-state index in [1.807, 2.05) is 10.6 Å². The third-order valence-corrected chi connectivity index (χ3v) is 4.22. The van der Waals surface area contributed by atoms with E-state index in [0.29, 0.717) is 29.9 Å². The average Bonchev–Trinajstić information content (AvgIpc) is 3.10. The largest absolute Gasteiger partial charge is 0.481 e. The van der Waals surface area contributed by atoms with Crippen LogP contribution in [0.25, 0.3) is 11.2 Å². The number of fused-ring (bicyclic) bond motifs is 1. The van der Waals surface area contributed by atoms with Crippen LogP contribution in [0.2, 0.25) is 0 Å². The van der Waals surface area contributed by atoms with Crippen LogP contribution < -0.4 is 4.74 Å². The summed E-state index contributed by atoms with van der Waals surface area (Å²) in [7, 11) is 1.56. The summed E-state index contributed by atoms with van der Waals surface area (Å²) in [5.41, 5.74) is 1.44. The van der Waals surface area contributed by atoms with E-state index in [1.165, 1.54) is 11.8 Å². The van der Waals surface area contributed by atoms with Crippen LogP contribution in [0.3, 0.4) is 0 Å². The maximum absolute atomic E-state index is 10.8.